The van der Waals surface area contributed by atoms with E-state index in [4.69, 9.17) is 10.2 Å². The van der Waals surface area contributed by atoms with Crippen molar-refractivity contribution in [1.82, 2.24) is 5.43 Å². The van der Waals surface area contributed by atoms with E-state index in [1.165, 1.54) is 12.3 Å². The van der Waals surface area contributed by atoms with Crippen molar-refractivity contribution in [3.05, 3.63) is 24.2 Å². The highest BCUT2D eigenvalue weighted by Crippen LogP contribution is 1.98. The molecule has 0 saturated carbocycles. The standard InChI is InChI=1S/C6H7N3O2/c7-4-8-9-6(10)5-2-1-3-11-5/h1-4H,(H2,7,8)(H,9,10). The number of nitrogens with two attached hydrogens (primary N) is 1. The molecule has 1 heterocycles. The number of carbonyl (C=O) groups is 1. The minimum absolute atomic E-state index is 0.204. The summed E-state index contributed by atoms with van der Waals surface area (Å²) in [5.41, 5.74) is 7.04. The van der Waals surface area contributed by atoms with Gasteiger partial charge in [-0.25, -0.2) is 5.43 Å². The fourth-order valence-electron chi connectivity index (χ4n) is 0.559. The molecule has 1 amide bonds. The molecule has 58 valence electrons. The predicted octanol–water partition coefficient (Wildman–Crippen LogP) is -0.0886. The van der Waals surface area contributed by atoms with Crippen molar-refractivity contribution in [3.8, 4) is 0 Å². The molecule has 0 unspecified atom stereocenters. The van der Waals surface area contributed by atoms with Gasteiger partial charge in [-0.1, -0.05) is 0 Å². The van der Waals surface area contributed by atoms with Crippen molar-refractivity contribution in [2.45, 2.75) is 0 Å². The Kier molecular flexibility index (Phi) is 2.27. The minimum Gasteiger partial charge on any atom is -0.459 e. The van der Waals surface area contributed by atoms with Crippen LogP contribution in [0.25, 0.3) is 0 Å². The van der Waals surface area contributed by atoms with E-state index in [1.54, 1.807) is 6.07 Å². The number of nitrogens with one attached hydrogen (secondary N) is 1. The first-order valence-corrected chi connectivity index (χ1v) is 2.91. The van der Waals surface area contributed by atoms with Gasteiger partial charge in [0, 0.05) is 0 Å². The molecule has 0 aromatic carbocycles. The van der Waals surface area contributed by atoms with Gasteiger partial charge in [0.05, 0.1) is 6.26 Å². The maximum atomic E-state index is 10.9. The molecule has 1 aromatic heterocycles. The molecule has 1 aromatic rings. The van der Waals surface area contributed by atoms with Gasteiger partial charge in [0.2, 0.25) is 0 Å². The van der Waals surface area contributed by atoms with Gasteiger partial charge in [-0.2, -0.15) is 5.10 Å². The molecule has 0 aliphatic carbocycles. The third kappa shape index (κ3) is 1.82. The van der Waals surface area contributed by atoms with Crippen LogP contribution in [0.4, 0.5) is 0 Å². The van der Waals surface area contributed by atoms with Crippen LogP contribution in [0.5, 0.6) is 0 Å². The van der Waals surface area contributed by atoms with Crippen LogP contribution in [0.1, 0.15) is 10.6 Å². The lowest BCUT2D eigenvalue weighted by molar-refractivity contribution is 0.0927. The maximum absolute atomic E-state index is 10.9. The van der Waals surface area contributed by atoms with Gasteiger partial charge in [0.15, 0.2) is 5.76 Å². The van der Waals surface area contributed by atoms with Crippen molar-refractivity contribution in [2.75, 3.05) is 0 Å². The lowest BCUT2D eigenvalue weighted by Gasteiger charge is -1.91. The predicted molar refractivity (Wildman–Crippen MR) is 38.9 cm³/mol. The van der Waals surface area contributed by atoms with Crippen molar-refractivity contribution in [2.24, 2.45) is 10.8 Å². The van der Waals surface area contributed by atoms with E-state index in [-0.39, 0.29) is 5.76 Å². The molecule has 0 saturated heterocycles. The molecular formula is C6H7N3O2. The Balaban J connectivity index is 2.56. The molecule has 5 heteroatoms. The molecule has 0 atom stereocenters. The van der Waals surface area contributed by atoms with Crippen LogP contribution in [0, 0.1) is 0 Å². The highest BCUT2D eigenvalue weighted by Gasteiger charge is 2.04. The zero-order chi connectivity index (χ0) is 8.10. The zero-order valence-corrected chi connectivity index (χ0v) is 5.65. The Hall–Kier alpha value is -1.78. The number of hydrogen-bond acceptors (Lipinski definition) is 3. The molecule has 0 aliphatic rings. The number of hydrogen-bond donors (Lipinski definition) is 2. The van der Waals surface area contributed by atoms with Crippen LogP contribution >= 0.6 is 0 Å². The van der Waals surface area contributed by atoms with Crippen LogP contribution < -0.4 is 11.2 Å². The van der Waals surface area contributed by atoms with Crippen molar-refractivity contribution < 1.29 is 9.21 Å². The van der Waals surface area contributed by atoms with Gasteiger partial charge < -0.3 is 10.2 Å². The van der Waals surface area contributed by atoms with E-state index in [9.17, 15) is 4.79 Å². The monoisotopic (exact) mass is 153 g/mol. The van der Waals surface area contributed by atoms with Crippen molar-refractivity contribution in [1.29, 1.82) is 0 Å². The SMILES string of the molecule is N/C=N/NC(=O)c1ccco1. The van der Waals surface area contributed by atoms with Crippen LogP contribution in [-0.4, -0.2) is 12.2 Å². The third-order valence-electron chi connectivity index (χ3n) is 0.986. The second kappa shape index (κ2) is 3.40. The number of carbonyl (C=O) groups excluding carboxylic acids is 1. The van der Waals surface area contributed by atoms with E-state index in [0.717, 1.165) is 6.34 Å². The second-order valence-corrected chi connectivity index (χ2v) is 1.70. The molecule has 1 rings (SSSR count). The Bertz CT molecular complexity index is 253. The first kappa shape index (κ1) is 7.33. The van der Waals surface area contributed by atoms with E-state index in [2.05, 4.69) is 10.5 Å². The molecule has 0 aliphatic heterocycles. The number of rotatable bonds is 2. The average molecular weight is 153 g/mol. The number of hydrazone groups is 1. The zero-order valence-electron chi connectivity index (χ0n) is 5.65. The largest absolute Gasteiger partial charge is 0.459 e. The average Bonchev–Trinajstić information content (AvgIpc) is 2.52. The summed E-state index contributed by atoms with van der Waals surface area (Å²) in [6.07, 6.45) is 2.39. The Morgan fingerprint density at radius 3 is 3.18 bits per heavy atom. The van der Waals surface area contributed by atoms with Gasteiger partial charge in [0.25, 0.3) is 0 Å². The Morgan fingerprint density at radius 2 is 2.64 bits per heavy atom. The lowest BCUT2D eigenvalue weighted by atomic mass is 10.4. The molecule has 0 spiro atoms. The fourth-order valence-corrected chi connectivity index (χ4v) is 0.559. The van der Waals surface area contributed by atoms with Crippen molar-refractivity contribution in [3.63, 3.8) is 0 Å². The normalized spacial score (nSPS) is 10.2. The first-order valence-electron chi connectivity index (χ1n) is 2.91. The summed E-state index contributed by atoms with van der Waals surface area (Å²) in [7, 11) is 0. The Morgan fingerprint density at radius 1 is 1.82 bits per heavy atom. The van der Waals surface area contributed by atoms with E-state index in [1.807, 2.05) is 0 Å². The minimum atomic E-state index is -0.420. The Labute approximate surface area is 62.9 Å². The van der Waals surface area contributed by atoms with Crippen LogP contribution in [0.3, 0.4) is 0 Å². The highest BCUT2D eigenvalue weighted by atomic mass is 16.3. The molecule has 5 nitrogen and oxygen atoms in total. The third-order valence-corrected chi connectivity index (χ3v) is 0.986. The molecule has 3 N–H and O–H groups in total. The van der Waals surface area contributed by atoms with Gasteiger partial charge in [0.1, 0.15) is 6.34 Å². The van der Waals surface area contributed by atoms with Gasteiger partial charge >= 0.3 is 5.91 Å². The summed E-state index contributed by atoms with van der Waals surface area (Å²) in [6.45, 7) is 0. The van der Waals surface area contributed by atoms with Crippen LogP contribution in [0.2, 0.25) is 0 Å². The van der Waals surface area contributed by atoms with Gasteiger partial charge in [-0.05, 0) is 12.1 Å². The summed E-state index contributed by atoms with van der Waals surface area (Å²) >= 11 is 0. The van der Waals surface area contributed by atoms with Crippen molar-refractivity contribution >= 4 is 12.2 Å². The van der Waals surface area contributed by atoms with Gasteiger partial charge in [-0.3, -0.25) is 4.79 Å². The fraction of sp³-hybridized carbons (Fsp3) is 0. The van der Waals surface area contributed by atoms with Gasteiger partial charge in [-0.15, -0.1) is 0 Å². The molecule has 0 radical (unpaired) electrons. The van der Waals surface area contributed by atoms with Crippen LogP contribution in [-0.2, 0) is 0 Å². The first-order chi connectivity index (χ1) is 5.34. The van der Waals surface area contributed by atoms with E-state index in [0.29, 0.717) is 0 Å². The summed E-state index contributed by atoms with van der Waals surface area (Å²) < 4.78 is 4.77. The number of furan rings is 1. The van der Waals surface area contributed by atoms with E-state index >= 15 is 0 Å². The second-order valence-electron chi connectivity index (χ2n) is 1.70. The number of amides is 1. The highest BCUT2D eigenvalue weighted by molar-refractivity contribution is 5.91. The van der Waals surface area contributed by atoms with Crippen LogP contribution in [0.15, 0.2) is 27.9 Å². The summed E-state index contributed by atoms with van der Waals surface area (Å²) in [4.78, 5) is 10.9. The molecular weight excluding hydrogens is 146 g/mol. The molecule has 11 heavy (non-hydrogen) atoms. The smallest absolute Gasteiger partial charge is 0.307 e. The quantitative estimate of drug-likeness (QED) is 0.354. The summed E-state index contributed by atoms with van der Waals surface area (Å²) in [5.74, 6) is -0.215. The molecule has 0 fully saturated rings. The van der Waals surface area contributed by atoms with E-state index < -0.39 is 5.91 Å². The number of nitrogens with zero attached hydrogens (tertiary/aromatic N) is 1. The topological polar surface area (TPSA) is 80.6 Å². The summed E-state index contributed by atoms with van der Waals surface area (Å²) in [5, 5.41) is 3.32. The summed E-state index contributed by atoms with van der Waals surface area (Å²) in [6, 6.07) is 3.14. The lowest BCUT2D eigenvalue weighted by Crippen LogP contribution is -2.17. The maximum Gasteiger partial charge on any atom is 0.307 e. The molecule has 0 bridgehead atoms.